The predicted molar refractivity (Wildman–Crippen MR) is 109 cm³/mol. The minimum atomic E-state index is -0.842. The van der Waals surface area contributed by atoms with Crippen LogP contribution in [-0.4, -0.2) is 42.9 Å². The van der Waals surface area contributed by atoms with E-state index in [0.29, 0.717) is 23.5 Å². The van der Waals surface area contributed by atoms with E-state index in [2.05, 4.69) is 16.2 Å². The zero-order valence-corrected chi connectivity index (χ0v) is 16.8. The number of methoxy groups -OCH3 is 1. The van der Waals surface area contributed by atoms with Crippen molar-refractivity contribution in [3.8, 4) is 5.75 Å². The van der Waals surface area contributed by atoms with E-state index in [-0.39, 0.29) is 5.56 Å². The first kappa shape index (κ1) is 22.2. The number of carbonyl (C=O) groups excluding carboxylic acids is 3. The highest BCUT2D eigenvalue weighted by molar-refractivity contribution is 7.98. The standard InChI is InChI=1S/C20H22FN3O4S/c1-28-16-9-5-13(6-10-16)18(25)22-17(11-12-29-2)20(27)24-23-19(26)14-3-7-15(21)8-4-14/h3-10,17H,11-12H2,1-2H3,(H,22,25)(H,23,26)(H,24,27)/t17-/m1/s1. The molecule has 0 spiro atoms. The summed E-state index contributed by atoms with van der Waals surface area (Å²) in [7, 11) is 1.53. The zero-order chi connectivity index (χ0) is 21.2. The Morgan fingerprint density at radius 2 is 1.55 bits per heavy atom. The molecular weight excluding hydrogens is 397 g/mol. The van der Waals surface area contributed by atoms with Crippen LogP contribution in [0.25, 0.3) is 0 Å². The van der Waals surface area contributed by atoms with Crippen LogP contribution < -0.4 is 20.9 Å². The second-order valence-corrected chi connectivity index (χ2v) is 6.97. The third-order valence-corrected chi connectivity index (χ3v) is 4.63. The van der Waals surface area contributed by atoms with Gasteiger partial charge in [-0.1, -0.05) is 0 Å². The molecule has 2 aromatic carbocycles. The molecule has 1 atom stereocenters. The molecule has 2 aromatic rings. The van der Waals surface area contributed by atoms with Crippen molar-refractivity contribution < 1.29 is 23.5 Å². The van der Waals surface area contributed by atoms with Crippen LogP contribution in [0.5, 0.6) is 5.75 Å². The van der Waals surface area contributed by atoms with Crippen LogP contribution in [0, 0.1) is 5.82 Å². The highest BCUT2D eigenvalue weighted by atomic mass is 32.2. The maximum atomic E-state index is 12.9. The third kappa shape index (κ3) is 6.79. The van der Waals surface area contributed by atoms with E-state index >= 15 is 0 Å². The first-order valence-corrected chi connectivity index (χ1v) is 10.1. The van der Waals surface area contributed by atoms with Crippen LogP contribution >= 0.6 is 11.8 Å². The molecule has 0 fully saturated rings. The second-order valence-electron chi connectivity index (χ2n) is 5.99. The number of nitrogens with one attached hydrogen (secondary N) is 3. The van der Waals surface area contributed by atoms with Gasteiger partial charge in [0.15, 0.2) is 0 Å². The maximum absolute atomic E-state index is 12.9. The van der Waals surface area contributed by atoms with Crippen molar-refractivity contribution in [3.63, 3.8) is 0 Å². The Kier molecular flexibility index (Phi) is 8.47. The summed E-state index contributed by atoms with van der Waals surface area (Å²) in [6, 6.07) is 10.5. The predicted octanol–water partition coefficient (Wildman–Crippen LogP) is 2.15. The van der Waals surface area contributed by atoms with Gasteiger partial charge in [-0.2, -0.15) is 11.8 Å². The number of rotatable bonds is 8. The molecule has 0 saturated heterocycles. The summed E-state index contributed by atoms with van der Waals surface area (Å²) in [5, 5.41) is 2.67. The first-order valence-electron chi connectivity index (χ1n) is 8.74. The Morgan fingerprint density at radius 3 is 2.14 bits per heavy atom. The Labute approximate surface area is 172 Å². The molecule has 154 valence electrons. The number of hydrogen-bond acceptors (Lipinski definition) is 5. The molecule has 0 aromatic heterocycles. The molecular formula is C20H22FN3O4S. The number of benzene rings is 2. The van der Waals surface area contributed by atoms with Gasteiger partial charge in [0.1, 0.15) is 17.6 Å². The summed E-state index contributed by atoms with van der Waals surface area (Å²) >= 11 is 1.53. The molecule has 0 radical (unpaired) electrons. The van der Waals surface area contributed by atoms with Gasteiger partial charge >= 0.3 is 0 Å². The lowest BCUT2D eigenvalue weighted by atomic mass is 10.1. The van der Waals surface area contributed by atoms with Gasteiger partial charge in [0, 0.05) is 11.1 Å². The van der Waals surface area contributed by atoms with Crippen LogP contribution in [0.15, 0.2) is 48.5 Å². The Morgan fingerprint density at radius 1 is 0.966 bits per heavy atom. The van der Waals surface area contributed by atoms with Crippen molar-refractivity contribution >= 4 is 29.5 Å². The lowest BCUT2D eigenvalue weighted by Crippen LogP contribution is -2.52. The number of carbonyl (C=O) groups is 3. The van der Waals surface area contributed by atoms with Gasteiger partial charge in [-0.15, -0.1) is 0 Å². The van der Waals surface area contributed by atoms with Crippen LogP contribution in [0.4, 0.5) is 4.39 Å². The summed E-state index contributed by atoms with van der Waals surface area (Å²) in [6.45, 7) is 0. The largest absolute Gasteiger partial charge is 0.497 e. The lowest BCUT2D eigenvalue weighted by molar-refractivity contribution is -0.123. The van der Waals surface area contributed by atoms with E-state index in [0.717, 1.165) is 12.1 Å². The SMILES string of the molecule is COc1ccc(C(=O)N[C@H](CCSC)C(=O)NNC(=O)c2ccc(F)cc2)cc1. The van der Waals surface area contributed by atoms with Crippen LogP contribution in [0.1, 0.15) is 27.1 Å². The van der Waals surface area contributed by atoms with Crippen LogP contribution in [-0.2, 0) is 4.79 Å². The van der Waals surface area contributed by atoms with E-state index in [1.807, 2.05) is 6.26 Å². The minimum absolute atomic E-state index is 0.189. The number of halogens is 1. The summed E-state index contributed by atoms with van der Waals surface area (Å²) in [5.41, 5.74) is 5.14. The number of hydrogen-bond donors (Lipinski definition) is 3. The van der Waals surface area contributed by atoms with Crippen LogP contribution in [0.2, 0.25) is 0 Å². The van der Waals surface area contributed by atoms with Crippen molar-refractivity contribution in [1.29, 1.82) is 0 Å². The van der Waals surface area contributed by atoms with E-state index in [1.165, 1.54) is 31.0 Å². The van der Waals surface area contributed by atoms with E-state index in [4.69, 9.17) is 4.74 Å². The van der Waals surface area contributed by atoms with Gasteiger partial charge < -0.3 is 10.1 Å². The smallest absolute Gasteiger partial charge is 0.269 e. The molecule has 3 N–H and O–H groups in total. The van der Waals surface area contributed by atoms with Gasteiger partial charge in [-0.05, 0) is 67.0 Å². The summed E-state index contributed by atoms with van der Waals surface area (Å²) in [6.07, 6.45) is 2.26. The van der Waals surface area contributed by atoms with Crippen molar-refractivity contribution in [2.45, 2.75) is 12.5 Å². The molecule has 0 bridgehead atoms. The highest BCUT2D eigenvalue weighted by Crippen LogP contribution is 2.12. The summed E-state index contributed by atoms with van der Waals surface area (Å²) in [4.78, 5) is 37.0. The molecule has 0 aliphatic heterocycles. The monoisotopic (exact) mass is 419 g/mol. The number of amides is 3. The number of hydrazine groups is 1. The van der Waals surface area contributed by atoms with Gasteiger partial charge in [-0.25, -0.2) is 4.39 Å². The summed E-state index contributed by atoms with van der Waals surface area (Å²) in [5.74, 6) is -0.795. The Balaban J connectivity index is 1.97. The fourth-order valence-electron chi connectivity index (χ4n) is 2.37. The zero-order valence-electron chi connectivity index (χ0n) is 16.0. The molecule has 0 aliphatic rings. The second kappa shape index (κ2) is 11.1. The Bertz CT molecular complexity index is 844. The van der Waals surface area contributed by atoms with Crippen molar-refractivity contribution in [1.82, 2.24) is 16.2 Å². The first-order chi connectivity index (χ1) is 13.9. The third-order valence-electron chi connectivity index (χ3n) is 3.99. The van der Waals surface area contributed by atoms with Gasteiger partial charge in [0.2, 0.25) is 0 Å². The molecule has 9 heteroatoms. The molecule has 29 heavy (non-hydrogen) atoms. The highest BCUT2D eigenvalue weighted by Gasteiger charge is 2.22. The van der Waals surface area contributed by atoms with E-state index in [1.54, 1.807) is 24.3 Å². The van der Waals surface area contributed by atoms with Gasteiger partial charge in [0.05, 0.1) is 7.11 Å². The molecule has 0 heterocycles. The van der Waals surface area contributed by atoms with Gasteiger partial charge in [-0.3, -0.25) is 25.2 Å². The molecule has 7 nitrogen and oxygen atoms in total. The molecule has 0 aliphatic carbocycles. The molecule has 2 rings (SSSR count). The summed E-state index contributed by atoms with van der Waals surface area (Å²) < 4.78 is 18.0. The Hall–Kier alpha value is -3.07. The van der Waals surface area contributed by atoms with Crippen molar-refractivity contribution in [2.75, 3.05) is 19.1 Å². The molecule has 0 unspecified atom stereocenters. The lowest BCUT2D eigenvalue weighted by Gasteiger charge is -2.18. The minimum Gasteiger partial charge on any atom is -0.497 e. The molecule has 0 saturated carbocycles. The average Bonchev–Trinajstić information content (AvgIpc) is 2.75. The topological polar surface area (TPSA) is 96.5 Å². The van der Waals surface area contributed by atoms with Crippen molar-refractivity contribution in [3.05, 3.63) is 65.5 Å². The van der Waals surface area contributed by atoms with Crippen LogP contribution in [0.3, 0.4) is 0 Å². The fourth-order valence-corrected chi connectivity index (χ4v) is 2.84. The van der Waals surface area contributed by atoms with Crippen molar-refractivity contribution in [2.24, 2.45) is 0 Å². The number of ether oxygens (including phenoxy) is 1. The van der Waals surface area contributed by atoms with Gasteiger partial charge in [0.25, 0.3) is 17.7 Å². The fraction of sp³-hybridized carbons (Fsp3) is 0.250. The maximum Gasteiger partial charge on any atom is 0.269 e. The van der Waals surface area contributed by atoms with E-state index < -0.39 is 29.6 Å². The van der Waals surface area contributed by atoms with E-state index in [9.17, 15) is 18.8 Å². The number of thioether (sulfide) groups is 1. The molecule has 3 amide bonds. The average molecular weight is 419 g/mol. The quantitative estimate of drug-likeness (QED) is 0.570. The normalized spacial score (nSPS) is 11.3.